The van der Waals surface area contributed by atoms with Crippen LogP contribution >= 0.6 is 0 Å². The second-order valence-electron chi connectivity index (χ2n) is 2.39. The highest BCUT2D eigenvalue weighted by Crippen LogP contribution is 2.24. The first-order valence-electron chi connectivity index (χ1n) is 3.57. The van der Waals surface area contributed by atoms with Gasteiger partial charge in [0.2, 0.25) is 0 Å². The Labute approximate surface area is 72.3 Å². The fourth-order valence-electron chi connectivity index (χ4n) is 1.08. The van der Waals surface area contributed by atoms with E-state index >= 15 is 0 Å². The minimum atomic E-state index is -2.83. The number of hydrogen-bond acceptors (Lipinski definition) is 2. The number of halogens is 2. The van der Waals surface area contributed by atoms with Crippen molar-refractivity contribution in [3.63, 3.8) is 0 Å². The van der Waals surface area contributed by atoms with Gasteiger partial charge in [0, 0.05) is 0 Å². The van der Waals surface area contributed by atoms with Crippen molar-refractivity contribution in [3.05, 3.63) is 24.4 Å². The summed E-state index contributed by atoms with van der Waals surface area (Å²) >= 11 is 0. The highest BCUT2D eigenvalue weighted by atomic mass is 19.3. The van der Waals surface area contributed by atoms with E-state index in [0.717, 1.165) is 0 Å². The van der Waals surface area contributed by atoms with Gasteiger partial charge >= 0.3 is 6.61 Å². The molecule has 2 rings (SSSR count). The first-order valence-corrected chi connectivity index (χ1v) is 3.57. The summed E-state index contributed by atoms with van der Waals surface area (Å²) in [7, 11) is 0. The summed E-state index contributed by atoms with van der Waals surface area (Å²) in [6.07, 6.45) is 2.53. The molecule has 1 heterocycles. The van der Waals surface area contributed by atoms with Gasteiger partial charge in [-0.05, 0) is 12.1 Å². The van der Waals surface area contributed by atoms with E-state index < -0.39 is 6.61 Å². The monoisotopic (exact) mass is 183 g/mol. The first-order chi connectivity index (χ1) is 6.27. The number of aromatic nitrogens is 2. The summed E-state index contributed by atoms with van der Waals surface area (Å²) in [6.45, 7) is -2.83. The quantitative estimate of drug-likeness (QED) is 0.772. The molecule has 0 aliphatic carbocycles. The van der Waals surface area contributed by atoms with Gasteiger partial charge in [-0.3, -0.25) is 5.10 Å². The molecule has 1 aromatic carbocycles. The number of ether oxygens (including phenoxy) is 1. The van der Waals surface area contributed by atoms with Crippen LogP contribution in [0.3, 0.4) is 0 Å². The molecule has 0 aliphatic heterocycles. The Morgan fingerprint density at radius 3 is 3.08 bits per heavy atom. The van der Waals surface area contributed by atoms with Crippen LogP contribution in [0.4, 0.5) is 8.78 Å². The molecular formula is C8H5F2N2O. The van der Waals surface area contributed by atoms with Crippen molar-refractivity contribution >= 4 is 10.9 Å². The van der Waals surface area contributed by atoms with E-state index in [9.17, 15) is 8.78 Å². The molecule has 13 heavy (non-hydrogen) atoms. The van der Waals surface area contributed by atoms with Gasteiger partial charge < -0.3 is 4.74 Å². The van der Waals surface area contributed by atoms with Crippen LogP contribution in [-0.4, -0.2) is 16.8 Å². The maximum atomic E-state index is 11.9. The minimum Gasteiger partial charge on any atom is -0.434 e. The molecule has 0 amide bonds. The van der Waals surface area contributed by atoms with Crippen LogP contribution in [0.2, 0.25) is 0 Å². The van der Waals surface area contributed by atoms with Crippen LogP contribution in [0.15, 0.2) is 18.2 Å². The molecule has 0 bridgehead atoms. The second kappa shape index (κ2) is 3.01. The number of nitrogens with zero attached hydrogens (tertiary/aromatic N) is 1. The maximum absolute atomic E-state index is 11.9. The van der Waals surface area contributed by atoms with Gasteiger partial charge in [-0.25, -0.2) is 0 Å². The van der Waals surface area contributed by atoms with E-state index in [-0.39, 0.29) is 5.75 Å². The third-order valence-electron chi connectivity index (χ3n) is 1.59. The lowest BCUT2D eigenvalue weighted by atomic mass is 10.2. The van der Waals surface area contributed by atoms with Gasteiger partial charge in [0.25, 0.3) is 0 Å². The van der Waals surface area contributed by atoms with Crippen molar-refractivity contribution in [1.29, 1.82) is 0 Å². The summed E-state index contributed by atoms with van der Waals surface area (Å²) in [5.41, 5.74) is 0.623. The number of alkyl halides is 2. The fraction of sp³-hybridized carbons (Fsp3) is 0.125. The van der Waals surface area contributed by atoms with Crippen molar-refractivity contribution in [2.75, 3.05) is 0 Å². The molecule has 0 saturated carbocycles. The number of aromatic amines is 1. The summed E-state index contributed by atoms with van der Waals surface area (Å²) in [5.74, 6) is 0.0845. The van der Waals surface area contributed by atoms with E-state index in [1.165, 1.54) is 6.07 Å². The predicted molar refractivity (Wildman–Crippen MR) is 41.6 cm³/mol. The van der Waals surface area contributed by atoms with E-state index in [1.807, 2.05) is 0 Å². The zero-order valence-electron chi connectivity index (χ0n) is 6.42. The first kappa shape index (κ1) is 7.97. The molecule has 0 saturated heterocycles. The molecule has 67 valence electrons. The molecule has 1 aromatic heterocycles. The molecule has 3 nitrogen and oxygen atoms in total. The topological polar surface area (TPSA) is 37.9 Å². The third kappa shape index (κ3) is 1.44. The van der Waals surface area contributed by atoms with Gasteiger partial charge in [-0.1, -0.05) is 6.07 Å². The van der Waals surface area contributed by atoms with Crippen molar-refractivity contribution < 1.29 is 13.5 Å². The molecule has 2 aromatic rings. The second-order valence-corrected chi connectivity index (χ2v) is 2.39. The highest BCUT2D eigenvalue weighted by molar-refractivity contribution is 5.83. The Hall–Kier alpha value is -1.65. The van der Waals surface area contributed by atoms with Gasteiger partial charge in [0.15, 0.2) is 0 Å². The largest absolute Gasteiger partial charge is 0.434 e. The smallest absolute Gasteiger partial charge is 0.387 e. The van der Waals surface area contributed by atoms with E-state index in [1.54, 1.807) is 12.1 Å². The lowest BCUT2D eigenvalue weighted by Crippen LogP contribution is -2.01. The summed E-state index contributed by atoms with van der Waals surface area (Å²) in [6, 6.07) is 4.75. The molecule has 0 unspecified atom stereocenters. The average molecular weight is 183 g/mol. The summed E-state index contributed by atoms with van der Waals surface area (Å²) < 4.78 is 28.0. The number of benzene rings is 1. The Morgan fingerprint density at radius 2 is 2.31 bits per heavy atom. The Morgan fingerprint density at radius 1 is 1.46 bits per heavy atom. The third-order valence-corrected chi connectivity index (χ3v) is 1.59. The number of nitrogens with one attached hydrogen (secondary N) is 1. The minimum absolute atomic E-state index is 0.0845. The van der Waals surface area contributed by atoms with Crippen molar-refractivity contribution in [3.8, 4) is 5.75 Å². The van der Waals surface area contributed by atoms with Gasteiger partial charge in [-0.2, -0.15) is 13.9 Å². The molecule has 0 spiro atoms. The summed E-state index contributed by atoms with van der Waals surface area (Å²) in [5, 5.41) is 6.63. The van der Waals surface area contributed by atoms with Crippen molar-refractivity contribution in [2.24, 2.45) is 0 Å². The van der Waals surface area contributed by atoms with E-state index in [0.29, 0.717) is 10.9 Å². The van der Waals surface area contributed by atoms with Crippen LogP contribution in [-0.2, 0) is 0 Å². The van der Waals surface area contributed by atoms with Gasteiger partial charge in [0.1, 0.15) is 11.9 Å². The molecule has 1 radical (unpaired) electrons. The lowest BCUT2D eigenvalue weighted by molar-refractivity contribution is -0.0487. The predicted octanol–water partition coefficient (Wildman–Crippen LogP) is 1.96. The SMILES string of the molecule is FC(F)Oc1cccc2[nH]n[c]c12. The number of fused-ring (bicyclic) bond motifs is 1. The van der Waals surface area contributed by atoms with Crippen LogP contribution in [0.1, 0.15) is 0 Å². The fourth-order valence-corrected chi connectivity index (χ4v) is 1.08. The zero-order chi connectivity index (χ0) is 9.26. The molecule has 0 aliphatic rings. The zero-order valence-corrected chi connectivity index (χ0v) is 6.42. The van der Waals surface area contributed by atoms with Crippen molar-refractivity contribution in [1.82, 2.24) is 10.2 Å². The normalized spacial score (nSPS) is 11.0. The number of H-pyrrole nitrogens is 1. The summed E-state index contributed by atoms with van der Waals surface area (Å²) in [4.78, 5) is 0. The van der Waals surface area contributed by atoms with Crippen LogP contribution in [0.25, 0.3) is 10.9 Å². The highest BCUT2D eigenvalue weighted by Gasteiger charge is 2.08. The molecule has 5 heteroatoms. The van der Waals surface area contributed by atoms with Crippen LogP contribution in [0, 0.1) is 6.20 Å². The van der Waals surface area contributed by atoms with Gasteiger partial charge in [-0.15, -0.1) is 0 Å². The average Bonchev–Trinajstić information content (AvgIpc) is 2.51. The molecular weight excluding hydrogens is 178 g/mol. The lowest BCUT2D eigenvalue weighted by Gasteiger charge is -2.03. The van der Waals surface area contributed by atoms with Gasteiger partial charge in [0.05, 0.1) is 10.9 Å². The Kier molecular flexibility index (Phi) is 1.84. The van der Waals surface area contributed by atoms with Crippen molar-refractivity contribution in [2.45, 2.75) is 6.61 Å². The van der Waals surface area contributed by atoms with Crippen LogP contribution in [0.5, 0.6) is 5.75 Å². The maximum Gasteiger partial charge on any atom is 0.387 e. The Balaban J connectivity index is 2.48. The van der Waals surface area contributed by atoms with E-state index in [2.05, 4.69) is 21.1 Å². The molecule has 1 N–H and O–H groups in total. The van der Waals surface area contributed by atoms with Crippen LogP contribution < -0.4 is 4.74 Å². The Bertz CT molecular complexity index is 413. The number of hydrogen-bond donors (Lipinski definition) is 1. The molecule has 0 fully saturated rings. The number of rotatable bonds is 2. The molecule has 0 atom stereocenters. The van der Waals surface area contributed by atoms with E-state index in [4.69, 9.17) is 0 Å². The standard InChI is InChI=1S/C8H5F2N2O/c9-8(10)13-7-3-1-2-6-5(7)4-11-12-6/h1-3,8H,(H,11,12).